The minimum Gasteiger partial charge on any atom is -0.440 e. The first-order valence-electron chi connectivity index (χ1n) is 8.33. The highest BCUT2D eigenvalue weighted by Crippen LogP contribution is 2.31. The Hall–Kier alpha value is -2.49. The molecule has 4 heteroatoms. The van der Waals surface area contributed by atoms with E-state index in [-0.39, 0.29) is 5.82 Å². The first-order valence-corrected chi connectivity index (χ1v) is 8.33. The largest absolute Gasteiger partial charge is 0.440 e. The van der Waals surface area contributed by atoms with Crippen molar-refractivity contribution >= 4 is 0 Å². The monoisotopic (exact) mass is 322 g/mol. The molecule has 1 aliphatic carbocycles. The summed E-state index contributed by atoms with van der Waals surface area (Å²) >= 11 is 0. The van der Waals surface area contributed by atoms with Crippen LogP contribution in [0.25, 0.3) is 11.6 Å². The second-order valence-electron chi connectivity index (χ2n) is 6.55. The number of oxazole rings is 1. The van der Waals surface area contributed by atoms with Crippen LogP contribution in [0.1, 0.15) is 29.0 Å². The summed E-state index contributed by atoms with van der Waals surface area (Å²) in [5, 5.41) is 0. The zero-order chi connectivity index (χ0) is 16.5. The van der Waals surface area contributed by atoms with E-state index in [2.05, 4.69) is 16.0 Å². The lowest BCUT2D eigenvalue weighted by atomic mass is 9.85. The Kier molecular flexibility index (Phi) is 3.89. The van der Waals surface area contributed by atoms with Gasteiger partial charge in [0.15, 0.2) is 0 Å². The molecule has 1 atom stereocenters. The summed E-state index contributed by atoms with van der Waals surface area (Å²) in [4.78, 5) is 8.95. The lowest BCUT2D eigenvalue weighted by molar-refractivity contribution is 0.404. The number of rotatable bonds is 3. The molecule has 0 saturated carbocycles. The van der Waals surface area contributed by atoms with E-state index in [0.717, 1.165) is 54.0 Å². The topological polar surface area (TPSA) is 38.9 Å². The summed E-state index contributed by atoms with van der Waals surface area (Å²) in [5.74, 6) is 1.89. The first kappa shape index (κ1) is 15.1. The average Bonchev–Trinajstić information content (AvgIpc) is 2.98. The fourth-order valence-corrected chi connectivity index (χ4v) is 3.49. The second kappa shape index (κ2) is 6.19. The van der Waals surface area contributed by atoms with E-state index < -0.39 is 0 Å². The molecule has 0 saturated heterocycles. The second-order valence-corrected chi connectivity index (χ2v) is 6.55. The van der Waals surface area contributed by atoms with Gasteiger partial charge in [-0.15, -0.1) is 0 Å². The minimum atomic E-state index is -0.152. The first-order chi connectivity index (χ1) is 11.7. The Bertz CT molecular complexity index is 837. The number of nitrogens with zero attached hydrogens (tertiary/aromatic N) is 2. The molecule has 0 aliphatic heterocycles. The Labute approximate surface area is 140 Å². The van der Waals surface area contributed by atoms with Crippen LogP contribution in [-0.4, -0.2) is 9.97 Å². The van der Waals surface area contributed by atoms with Crippen LogP contribution in [-0.2, 0) is 19.3 Å². The fraction of sp³-hybridized carbons (Fsp3) is 0.300. The third-order valence-electron chi connectivity index (χ3n) is 4.55. The summed E-state index contributed by atoms with van der Waals surface area (Å²) in [7, 11) is 0. The van der Waals surface area contributed by atoms with Crippen LogP contribution >= 0.6 is 0 Å². The third kappa shape index (κ3) is 3.09. The van der Waals surface area contributed by atoms with Crippen LogP contribution in [0.4, 0.5) is 4.39 Å². The van der Waals surface area contributed by atoms with Crippen molar-refractivity contribution < 1.29 is 8.81 Å². The molecule has 4 rings (SSSR count). The Balaban J connectivity index is 1.52. The van der Waals surface area contributed by atoms with Crippen LogP contribution in [0.3, 0.4) is 0 Å². The van der Waals surface area contributed by atoms with E-state index in [1.807, 2.05) is 25.1 Å². The van der Waals surface area contributed by atoms with E-state index >= 15 is 0 Å². The molecule has 0 bridgehead atoms. The highest BCUT2D eigenvalue weighted by Gasteiger charge is 2.25. The van der Waals surface area contributed by atoms with Gasteiger partial charge in [-0.3, -0.25) is 4.98 Å². The molecule has 0 spiro atoms. The van der Waals surface area contributed by atoms with Crippen LogP contribution < -0.4 is 0 Å². The molecule has 24 heavy (non-hydrogen) atoms. The zero-order valence-corrected chi connectivity index (χ0v) is 13.6. The number of aryl methyl sites for hydroxylation is 2. The van der Waals surface area contributed by atoms with Gasteiger partial charge in [0.05, 0.1) is 5.69 Å². The Morgan fingerprint density at radius 3 is 2.96 bits per heavy atom. The number of benzene rings is 1. The predicted octanol–water partition coefficient (Wildman–Crippen LogP) is 4.53. The molecule has 2 heterocycles. The van der Waals surface area contributed by atoms with Gasteiger partial charge in [-0.05, 0) is 67.5 Å². The van der Waals surface area contributed by atoms with Gasteiger partial charge < -0.3 is 4.42 Å². The van der Waals surface area contributed by atoms with Crippen molar-refractivity contribution in [2.24, 2.45) is 5.92 Å². The maximum absolute atomic E-state index is 13.6. The molecular formula is C20H19FN2O. The van der Waals surface area contributed by atoms with Crippen LogP contribution in [0, 0.1) is 18.7 Å². The molecule has 1 unspecified atom stereocenters. The van der Waals surface area contributed by atoms with Crippen molar-refractivity contribution in [3.8, 4) is 11.6 Å². The third-order valence-corrected chi connectivity index (χ3v) is 4.55. The SMILES string of the molecule is Cc1cc(F)cc(CC2CCc3oc(-c4ccccn4)nc3C2)c1. The molecule has 2 aromatic heterocycles. The van der Waals surface area contributed by atoms with Crippen molar-refractivity contribution in [1.82, 2.24) is 9.97 Å². The molecule has 1 aliphatic rings. The van der Waals surface area contributed by atoms with Gasteiger partial charge in [0.25, 0.3) is 0 Å². The van der Waals surface area contributed by atoms with Gasteiger partial charge in [-0.25, -0.2) is 9.37 Å². The predicted molar refractivity (Wildman–Crippen MR) is 90.1 cm³/mol. The number of aromatic nitrogens is 2. The van der Waals surface area contributed by atoms with E-state index in [1.54, 1.807) is 18.3 Å². The van der Waals surface area contributed by atoms with Gasteiger partial charge >= 0.3 is 0 Å². The summed E-state index contributed by atoms with van der Waals surface area (Å²) in [6.45, 7) is 1.93. The molecule has 0 N–H and O–H groups in total. The Morgan fingerprint density at radius 2 is 2.17 bits per heavy atom. The van der Waals surface area contributed by atoms with Crippen molar-refractivity contribution in [3.63, 3.8) is 0 Å². The van der Waals surface area contributed by atoms with Crippen molar-refractivity contribution in [2.45, 2.75) is 32.6 Å². The molecule has 0 radical (unpaired) electrons. The molecule has 0 fully saturated rings. The van der Waals surface area contributed by atoms with Crippen molar-refractivity contribution in [2.75, 3.05) is 0 Å². The smallest absolute Gasteiger partial charge is 0.245 e. The maximum atomic E-state index is 13.6. The number of pyridine rings is 1. The molecule has 3 nitrogen and oxygen atoms in total. The number of hydrogen-bond acceptors (Lipinski definition) is 3. The summed E-state index contributed by atoms with van der Waals surface area (Å²) in [6.07, 6.45) is 5.42. The molecular weight excluding hydrogens is 303 g/mol. The van der Waals surface area contributed by atoms with Gasteiger partial charge in [-0.2, -0.15) is 0 Å². The lowest BCUT2D eigenvalue weighted by Gasteiger charge is -2.20. The van der Waals surface area contributed by atoms with Crippen LogP contribution in [0.2, 0.25) is 0 Å². The summed E-state index contributed by atoms with van der Waals surface area (Å²) in [5.41, 5.74) is 3.83. The van der Waals surface area contributed by atoms with Crippen molar-refractivity contribution in [3.05, 3.63) is 71.0 Å². The molecule has 0 amide bonds. The molecule has 122 valence electrons. The fourth-order valence-electron chi connectivity index (χ4n) is 3.49. The summed E-state index contributed by atoms with van der Waals surface area (Å²) < 4.78 is 19.5. The summed E-state index contributed by atoms with van der Waals surface area (Å²) in [6, 6.07) is 11.0. The normalized spacial score (nSPS) is 16.8. The average molecular weight is 322 g/mol. The number of fused-ring (bicyclic) bond motifs is 1. The number of hydrogen-bond donors (Lipinski definition) is 0. The zero-order valence-electron chi connectivity index (χ0n) is 13.6. The highest BCUT2D eigenvalue weighted by molar-refractivity contribution is 5.47. The van der Waals surface area contributed by atoms with Crippen LogP contribution in [0.15, 0.2) is 47.0 Å². The standard InChI is InChI=1S/C20H19FN2O/c1-13-8-15(11-16(21)9-13)10-14-5-6-19-18(12-14)23-20(24-19)17-4-2-3-7-22-17/h2-4,7-9,11,14H,5-6,10,12H2,1H3. The highest BCUT2D eigenvalue weighted by atomic mass is 19.1. The van der Waals surface area contributed by atoms with Crippen molar-refractivity contribution in [1.29, 1.82) is 0 Å². The van der Waals surface area contributed by atoms with Gasteiger partial charge in [-0.1, -0.05) is 12.1 Å². The van der Waals surface area contributed by atoms with Gasteiger partial charge in [0.2, 0.25) is 5.89 Å². The van der Waals surface area contributed by atoms with E-state index in [1.165, 1.54) is 0 Å². The quantitative estimate of drug-likeness (QED) is 0.711. The Morgan fingerprint density at radius 1 is 1.25 bits per heavy atom. The van der Waals surface area contributed by atoms with Crippen LogP contribution in [0.5, 0.6) is 0 Å². The molecule has 3 aromatic rings. The lowest BCUT2D eigenvalue weighted by Crippen LogP contribution is -2.16. The minimum absolute atomic E-state index is 0.152. The maximum Gasteiger partial charge on any atom is 0.245 e. The van der Waals surface area contributed by atoms with E-state index in [0.29, 0.717) is 11.8 Å². The molecule has 1 aromatic carbocycles. The van der Waals surface area contributed by atoms with Gasteiger partial charge in [0.1, 0.15) is 17.3 Å². The van der Waals surface area contributed by atoms with E-state index in [4.69, 9.17) is 4.42 Å². The van der Waals surface area contributed by atoms with E-state index in [9.17, 15) is 4.39 Å². The number of halogens is 1. The van der Waals surface area contributed by atoms with Gasteiger partial charge in [0, 0.05) is 12.6 Å².